The van der Waals surface area contributed by atoms with Gasteiger partial charge in [-0.3, -0.25) is 0 Å². The van der Waals surface area contributed by atoms with Gasteiger partial charge in [0.15, 0.2) is 5.65 Å². The van der Waals surface area contributed by atoms with Gasteiger partial charge in [-0.2, -0.15) is 0 Å². The number of allylic oxidation sites excluding steroid dienone is 2. The van der Waals surface area contributed by atoms with Gasteiger partial charge in [-0.05, 0) is 88.0 Å². The van der Waals surface area contributed by atoms with E-state index >= 15 is 0 Å². The second kappa shape index (κ2) is 9.57. The maximum absolute atomic E-state index is 13.7. The summed E-state index contributed by atoms with van der Waals surface area (Å²) in [5.74, 6) is 0.461. The molecule has 6 nitrogen and oxygen atoms in total. The molecule has 8 heteroatoms. The summed E-state index contributed by atoms with van der Waals surface area (Å²) < 4.78 is 28.6. The zero-order valence-corrected chi connectivity index (χ0v) is 22.1. The normalized spacial score (nSPS) is 18.0. The summed E-state index contributed by atoms with van der Waals surface area (Å²) >= 11 is 1.69. The number of likely N-dealkylation sites (tertiary alicyclic amines) is 1. The molecule has 0 bridgehead atoms. The Labute approximate surface area is 216 Å². The van der Waals surface area contributed by atoms with Crippen molar-refractivity contribution in [2.24, 2.45) is 0 Å². The van der Waals surface area contributed by atoms with E-state index in [0.717, 1.165) is 66.0 Å². The van der Waals surface area contributed by atoms with Gasteiger partial charge in [0.25, 0.3) is 10.0 Å². The van der Waals surface area contributed by atoms with Crippen LogP contribution in [0.2, 0.25) is 0 Å². The summed E-state index contributed by atoms with van der Waals surface area (Å²) in [5.41, 5.74) is 4.47. The maximum atomic E-state index is 13.7. The summed E-state index contributed by atoms with van der Waals surface area (Å²) in [6, 6.07) is 10.7. The SMILES string of the molecule is CN1CCC(c2nc(-c3cn(S(=O)(=O)c4ccccc4)c4ncc(C5=CCCCC5)cc34)cs2)CC1. The molecule has 4 aromatic rings. The van der Waals surface area contributed by atoms with E-state index in [1.807, 2.05) is 12.3 Å². The number of hydrogen-bond acceptors (Lipinski definition) is 6. The number of piperidine rings is 1. The monoisotopic (exact) mass is 518 g/mol. The number of nitrogens with zero attached hydrogens (tertiary/aromatic N) is 4. The minimum absolute atomic E-state index is 0.250. The van der Waals surface area contributed by atoms with E-state index in [-0.39, 0.29) is 4.90 Å². The quantitative estimate of drug-likeness (QED) is 0.316. The van der Waals surface area contributed by atoms with Crippen molar-refractivity contribution < 1.29 is 8.42 Å². The van der Waals surface area contributed by atoms with Crippen molar-refractivity contribution in [3.8, 4) is 11.3 Å². The van der Waals surface area contributed by atoms with Crippen LogP contribution in [0.1, 0.15) is 55.0 Å². The van der Waals surface area contributed by atoms with Crippen LogP contribution in [0.3, 0.4) is 0 Å². The van der Waals surface area contributed by atoms with Crippen LogP contribution in [0.4, 0.5) is 0 Å². The molecule has 1 aliphatic heterocycles. The van der Waals surface area contributed by atoms with Crippen LogP contribution in [0.25, 0.3) is 27.9 Å². The van der Waals surface area contributed by atoms with Gasteiger partial charge < -0.3 is 4.90 Å². The Morgan fingerprint density at radius 2 is 1.89 bits per heavy atom. The molecule has 3 aromatic heterocycles. The number of benzene rings is 1. The molecule has 0 saturated carbocycles. The van der Waals surface area contributed by atoms with Gasteiger partial charge in [0.2, 0.25) is 0 Å². The van der Waals surface area contributed by atoms with Gasteiger partial charge in [-0.1, -0.05) is 24.3 Å². The third kappa shape index (κ3) is 4.31. The first-order chi connectivity index (χ1) is 17.5. The van der Waals surface area contributed by atoms with Crippen molar-refractivity contribution in [2.75, 3.05) is 20.1 Å². The summed E-state index contributed by atoms with van der Waals surface area (Å²) in [7, 11) is -1.64. The van der Waals surface area contributed by atoms with Crippen LogP contribution in [0, 0.1) is 0 Å². The van der Waals surface area contributed by atoms with Gasteiger partial charge in [0.05, 0.1) is 15.6 Å². The highest BCUT2D eigenvalue weighted by Crippen LogP contribution is 2.38. The van der Waals surface area contributed by atoms with Crippen LogP contribution < -0.4 is 0 Å². The highest BCUT2D eigenvalue weighted by Gasteiger charge is 2.26. The van der Waals surface area contributed by atoms with Gasteiger partial charge in [-0.25, -0.2) is 22.4 Å². The van der Waals surface area contributed by atoms with E-state index in [0.29, 0.717) is 11.6 Å². The fourth-order valence-corrected chi connectivity index (χ4v) is 7.64. The summed E-state index contributed by atoms with van der Waals surface area (Å²) in [4.78, 5) is 12.4. The summed E-state index contributed by atoms with van der Waals surface area (Å²) in [5, 5.41) is 4.05. The van der Waals surface area contributed by atoms with E-state index in [1.54, 1.807) is 41.8 Å². The number of rotatable bonds is 5. The average Bonchev–Trinajstić information content (AvgIpc) is 3.55. The second-order valence-electron chi connectivity index (χ2n) is 9.88. The molecular weight excluding hydrogens is 488 g/mol. The lowest BCUT2D eigenvalue weighted by Gasteiger charge is -2.27. The Morgan fingerprint density at radius 3 is 2.64 bits per heavy atom. The van der Waals surface area contributed by atoms with E-state index in [4.69, 9.17) is 9.97 Å². The second-order valence-corrected chi connectivity index (χ2v) is 12.6. The first-order valence-corrected chi connectivity index (χ1v) is 15.0. The number of hydrogen-bond donors (Lipinski definition) is 0. The summed E-state index contributed by atoms with van der Waals surface area (Å²) in [6.45, 7) is 2.16. The molecule has 1 aliphatic carbocycles. The molecule has 0 radical (unpaired) electrons. The van der Waals surface area contributed by atoms with Crippen LogP contribution in [0.15, 0.2) is 65.1 Å². The predicted molar refractivity (Wildman–Crippen MR) is 146 cm³/mol. The topological polar surface area (TPSA) is 68.1 Å². The molecule has 0 amide bonds. The van der Waals surface area contributed by atoms with Gasteiger partial charge in [-0.15, -0.1) is 11.3 Å². The van der Waals surface area contributed by atoms with Crippen LogP contribution in [-0.4, -0.2) is 47.4 Å². The van der Waals surface area contributed by atoms with Crippen molar-refractivity contribution in [3.63, 3.8) is 0 Å². The average molecular weight is 519 g/mol. The zero-order chi connectivity index (χ0) is 24.7. The highest BCUT2D eigenvalue weighted by molar-refractivity contribution is 7.90. The van der Waals surface area contributed by atoms with E-state index in [9.17, 15) is 8.42 Å². The number of aromatic nitrogens is 3. The summed E-state index contributed by atoms with van der Waals surface area (Å²) in [6.07, 6.45) is 12.5. The molecule has 4 heterocycles. The molecule has 1 saturated heterocycles. The zero-order valence-electron chi connectivity index (χ0n) is 20.4. The Bertz CT molecular complexity index is 1530. The molecule has 6 rings (SSSR count). The molecule has 2 aliphatic rings. The largest absolute Gasteiger partial charge is 0.306 e. The Kier molecular flexibility index (Phi) is 6.27. The van der Waals surface area contributed by atoms with Crippen LogP contribution >= 0.6 is 11.3 Å². The first-order valence-electron chi connectivity index (χ1n) is 12.7. The minimum Gasteiger partial charge on any atom is -0.306 e. The lowest BCUT2D eigenvalue weighted by atomic mass is 9.94. The Balaban J connectivity index is 1.48. The van der Waals surface area contributed by atoms with E-state index in [2.05, 4.69) is 29.5 Å². The molecule has 0 unspecified atom stereocenters. The third-order valence-corrected chi connectivity index (χ3v) is 10.1. The fraction of sp³-hybridized carbons (Fsp3) is 0.357. The molecule has 36 heavy (non-hydrogen) atoms. The molecule has 0 spiro atoms. The predicted octanol–water partition coefficient (Wildman–Crippen LogP) is 6.16. The molecule has 0 atom stereocenters. The van der Waals surface area contributed by atoms with Crippen molar-refractivity contribution in [1.29, 1.82) is 0 Å². The van der Waals surface area contributed by atoms with Crippen molar-refractivity contribution in [1.82, 2.24) is 18.8 Å². The standard InChI is InChI=1S/C28H30N4O2S2/c1-31-14-12-21(13-15-31)28-30-26(19-35-28)25-18-32(36(33,34)23-10-6-3-7-11-23)27-24(25)16-22(17-29-27)20-8-4-2-5-9-20/h3,6-8,10-11,16-19,21H,2,4-5,9,12-15H2,1H3. The first kappa shape index (κ1) is 23.6. The van der Waals surface area contributed by atoms with Crippen LogP contribution in [-0.2, 0) is 10.0 Å². The van der Waals surface area contributed by atoms with E-state index < -0.39 is 10.0 Å². The minimum atomic E-state index is -3.80. The lowest BCUT2D eigenvalue weighted by molar-refractivity contribution is 0.255. The number of fused-ring (bicyclic) bond motifs is 1. The van der Waals surface area contributed by atoms with Gasteiger partial charge >= 0.3 is 0 Å². The number of thiazole rings is 1. The van der Waals surface area contributed by atoms with Gasteiger partial charge in [0.1, 0.15) is 0 Å². The Morgan fingerprint density at radius 1 is 1.08 bits per heavy atom. The molecule has 186 valence electrons. The van der Waals surface area contributed by atoms with Crippen LogP contribution in [0.5, 0.6) is 0 Å². The molecule has 0 N–H and O–H groups in total. The van der Waals surface area contributed by atoms with Gasteiger partial charge in [0, 0.05) is 34.6 Å². The van der Waals surface area contributed by atoms with Crippen molar-refractivity contribution in [2.45, 2.75) is 49.3 Å². The maximum Gasteiger partial charge on any atom is 0.269 e. The lowest BCUT2D eigenvalue weighted by Crippen LogP contribution is -2.29. The fourth-order valence-electron chi connectivity index (χ4n) is 5.30. The van der Waals surface area contributed by atoms with E-state index in [1.165, 1.54) is 22.4 Å². The number of pyridine rings is 1. The highest BCUT2D eigenvalue weighted by atomic mass is 32.2. The van der Waals surface area contributed by atoms with Crippen molar-refractivity contribution >= 4 is 38.0 Å². The smallest absolute Gasteiger partial charge is 0.269 e. The Hall–Kier alpha value is -2.81. The molecular formula is C28H30N4O2S2. The molecule has 1 fully saturated rings. The third-order valence-electron chi connectivity index (χ3n) is 7.44. The molecule has 1 aromatic carbocycles. The van der Waals surface area contributed by atoms with Crippen molar-refractivity contribution in [3.05, 3.63) is 70.8 Å².